The molecule has 0 saturated carbocycles. The van der Waals surface area contributed by atoms with Crippen LogP contribution in [0.25, 0.3) is 0 Å². The van der Waals surface area contributed by atoms with Crippen LogP contribution >= 0.6 is 0 Å². The molecule has 2 unspecified atom stereocenters. The van der Waals surface area contributed by atoms with E-state index >= 15 is 0 Å². The van der Waals surface area contributed by atoms with Crippen LogP contribution in [0.15, 0.2) is 42.5 Å². The summed E-state index contributed by atoms with van der Waals surface area (Å²) >= 11 is 0. The van der Waals surface area contributed by atoms with E-state index in [2.05, 4.69) is 21.7 Å². The van der Waals surface area contributed by atoms with Crippen molar-refractivity contribution in [3.63, 3.8) is 0 Å². The van der Waals surface area contributed by atoms with Gasteiger partial charge in [-0.05, 0) is 24.1 Å². The fourth-order valence-corrected chi connectivity index (χ4v) is 3.18. The van der Waals surface area contributed by atoms with E-state index in [1.807, 2.05) is 30.3 Å². The van der Waals surface area contributed by atoms with Crippen LogP contribution < -0.4 is 35.9 Å². The summed E-state index contributed by atoms with van der Waals surface area (Å²) < 4.78 is 15.8. The lowest BCUT2D eigenvalue weighted by molar-refractivity contribution is -0.123. The molecule has 1 aliphatic heterocycles. The number of carbonyl (C=O) groups is 2. The first-order valence-corrected chi connectivity index (χ1v) is 9.04. The number of benzene rings is 2. The highest BCUT2D eigenvalue weighted by atomic mass is 16.5. The maximum Gasteiger partial charge on any atom is 0.273 e. The van der Waals surface area contributed by atoms with Gasteiger partial charge in [0, 0.05) is 6.04 Å². The van der Waals surface area contributed by atoms with Crippen LogP contribution in [0.5, 0.6) is 17.2 Å². The molecule has 4 N–H and O–H groups in total. The third-order valence-electron chi connectivity index (χ3n) is 4.67. The quantitative estimate of drug-likeness (QED) is 0.537. The maximum absolute atomic E-state index is 12.6. The zero-order valence-electron chi connectivity index (χ0n) is 16.4. The van der Waals surface area contributed by atoms with Gasteiger partial charge >= 0.3 is 0 Å². The maximum atomic E-state index is 12.6. The fourth-order valence-electron chi connectivity index (χ4n) is 3.18. The number of ether oxygens (including phenoxy) is 3. The molecule has 0 spiro atoms. The Labute approximate surface area is 168 Å². The topological polar surface area (TPSA) is 110 Å². The molecule has 1 aliphatic rings. The number of rotatable bonds is 6. The van der Waals surface area contributed by atoms with E-state index in [0.29, 0.717) is 17.9 Å². The fraction of sp³-hybridized carbons (Fsp3) is 0.300. The molecule has 0 aliphatic carbocycles. The number of methoxy groups -OCH3 is 3. The molecule has 1 fully saturated rings. The van der Waals surface area contributed by atoms with Gasteiger partial charge in [0.05, 0.1) is 26.9 Å². The van der Waals surface area contributed by atoms with Crippen molar-refractivity contribution in [2.75, 3.05) is 21.3 Å². The lowest BCUT2D eigenvalue weighted by atomic mass is 10.0. The molecule has 1 heterocycles. The third kappa shape index (κ3) is 4.41. The summed E-state index contributed by atoms with van der Waals surface area (Å²) in [5, 5.41) is 0. The second kappa shape index (κ2) is 9.26. The number of nitrogens with one attached hydrogen (secondary N) is 4. The normalized spacial score (nSPS) is 18.0. The van der Waals surface area contributed by atoms with Gasteiger partial charge in [-0.25, -0.2) is 10.9 Å². The van der Waals surface area contributed by atoms with Gasteiger partial charge in [0.1, 0.15) is 6.04 Å². The van der Waals surface area contributed by atoms with Gasteiger partial charge in [0.25, 0.3) is 11.8 Å². The van der Waals surface area contributed by atoms with Crippen LogP contribution in [0.2, 0.25) is 0 Å². The molecule has 2 amide bonds. The molecule has 0 bridgehead atoms. The molecule has 0 radical (unpaired) electrons. The number of hydrazine groups is 2. The second-order valence-corrected chi connectivity index (χ2v) is 6.37. The van der Waals surface area contributed by atoms with Gasteiger partial charge in [0.15, 0.2) is 11.5 Å². The van der Waals surface area contributed by atoms with Crippen molar-refractivity contribution in [2.45, 2.75) is 18.5 Å². The minimum Gasteiger partial charge on any atom is -0.493 e. The van der Waals surface area contributed by atoms with Crippen LogP contribution in [-0.4, -0.2) is 39.2 Å². The summed E-state index contributed by atoms with van der Waals surface area (Å²) in [7, 11) is 4.36. The van der Waals surface area contributed by atoms with Crippen LogP contribution in [0.1, 0.15) is 28.4 Å². The lowest BCUT2D eigenvalue weighted by Gasteiger charge is -2.16. The van der Waals surface area contributed by atoms with Gasteiger partial charge in [-0.15, -0.1) is 0 Å². The number of carbonyl (C=O) groups excluding carboxylic acids is 2. The SMILES string of the molecule is COc1ccc(C(=O)NNC(=O)C2CC(c3ccccc3)NN2)c(OC)c1OC. The average Bonchev–Trinajstić information content (AvgIpc) is 3.27. The first-order valence-electron chi connectivity index (χ1n) is 9.04. The van der Waals surface area contributed by atoms with E-state index in [1.54, 1.807) is 6.07 Å². The molecule has 9 nitrogen and oxygen atoms in total. The molecule has 9 heteroatoms. The predicted octanol–water partition coefficient (Wildman–Crippen LogP) is 1.08. The van der Waals surface area contributed by atoms with E-state index in [0.717, 1.165) is 5.56 Å². The second-order valence-electron chi connectivity index (χ2n) is 6.37. The van der Waals surface area contributed by atoms with Crippen LogP contribution in [0.4, 0.5) is 0 Å². The number of amides is 2. The Kier molecular flexibility index (Phi) is 6.53. The first kappa shape index (κ1) is 20.4. The summed E-state index contributed by atoms with van der Waals surface area (Å²) in [6.07, 6.45) is 0.547. The minimum atomic E-state index is -0.540. The van der Waals surface area contributed by atoms with Crippen LogP contribution in [-0.2, 0) is 4.79 Å². The van der Waals surface area contributed by atoms with Crippen LogP contribution in [0, 0.1) is 0 Å². The Morgan fingerprint density at radius 1 is 0.897 bits per heavy atom. The Morgan fingerprint density at radius 2 is 1.62 bits per heavy atom. The van der Waals surface area contributed by atoms with Crippen molar-refractivity contribution in [3.8, 4) is 17.2 Å². The smallest absolute Gasteiger partial charge is 0.273 e. The highest BCUT2D eigenvalue weighted by molar-refractivity contribution is 5.99. The molecule has 2 aromatic rings. The van der Waals surface area contributed by atoms with Gasteiger partial charge in [-0.1, -0.05) is 30.3 Å². The lowest BCUT2D eigenvalue weighted by Crippen LogP contribution is -2.50. The van der Waals surface area contributed by atoms with Crippen molar-refractivity contribution < 1.29 is 23.8 Å². The Balaban J connectivity index is 1.62. The van der Waals surface area contributed by atoms with Gasteiger partial charge in [0.2, 0.25) is 5.75 Å². The van der Waals surface area contributed by atoms with Gasteiger partial charge in [-0.2, -0.15) is 0 Å². The molecule has 2 aromatic carbocycles. The van der Waals surface area contributed by atoms with Crippen molar-refractivity contribution in [2.24, 2.45) is 0 Å². The highest BCUT2D eigenvalue weighted by Crippen LogP contribution is 2.39. The Morgan fingerprint density at radius 3 is 2.28 bits per heavy atom. The predicted molar refractivity (Wildman–Crippen MR) is 106 cm³/mol. The van der Waals surface area contributed by atoms with E-state index < -0.39 is 11.9 Å². The van der Waals surface area contributed by atoms with E-state index in [-0.39, 0.29) is 23.3 Å². The first-order chi connectivity index (χ1) is 14.1. The zero-order valence-corrected chi connectivity index (χ0v) is 16.4. The molecular weight excluding hydrogens is 376 g/mol. The zero-order chi connectivity index (χ0) is 20.8. The molecular formula is C20H24N4O5. The number of hydrogen-bond acceptors (Lipinski definition) is 7. The molecule has 1 saturated heterocycles. The largest absolute Gasteiger partial charge is 0.493 e. The van der Waals surface area contributed by atoms with Crippen LogP contribution in [0.3, 0.4) is 0 Å². The van der Waals surface area contributed by atoms with Crippen molar-refractivity contribution >= 4 is 11.8 Å². The monoisotopic (exact) mass is 400 g/mol. The van der Waals surface area contributed by atoms with E-state index in [4.69, 9.17) is 14.2 Å². The third-order valence-corrected chi connectivity index (χ3v) is 4.67. The van der Waals surface area contributed by atoms with Crippen molar-refractivity contribution in [3.05, 3.63) is 53.6 Å². The molecule has 2 atom stereocenters. The van der Waals surface area contributed by atoms with E-state index in [9.17, 15) is 9.59 Å². The van der Waals surface area contributed by atoms with Crippen molar-refractivity contribution in [1.29, 1.82) is 0 Å². The Hall–Kier alpha value is -3.30. The summed E-state index contributed by atoms with van der Waals surface area (Å²) in [5.74, 6) is 0.0355. The standard InChI is InChI=1S/C20H24N4O5/c1-27-16-10-9-13(17(28-2)18(16)29-3)19(25)23-24-20(26)15-11-14(21-22-15)12-7-5-4-6-8-12/h4-10,14-15,21-22H,11H2,1-3H3,(H,23,25)(H,24,26). The molecule has 0 aromatic heterocycles. The summed E-state index contributed by atoms with van der Waals surface area (Å²) in [6, 6.07) is 12.4. The summed E-state index contributed by atoms with van der Waals surface area (Å²) in [5.41, 5.74) is 12.2. The molecule has 154 valence electrons. The van der Waals surface area contributed by atoms with Crippen molar-refractivity contribution in [1.82, 2.24) is 21.7 Å². The van der Waals surface area contributed by atoms with Gasteiger partial charge < -0.3 is 14.2 Å². The minimum absolute atomic E-state index is 0.00796. The average molecular weight is 400 g/mol. The number of hydrogen-bond donors (Lipinski definition) is 4. The van der Waals surface area contributed by atoms with E-state index in [1.165, 1.54) is 27.4 Å². The molecule has 3 rings (SSSR count). The summed E-state index contributed by atoms with van der Waals surface area (Å²) in [4.78, 5) is 25.0. The Bertz CT molecular complexity index is 875. The molecule has 29 heavy (non-hydrogen) atoms. The highest BCUT2D eigenvalue weighted by Gasteiger charge is 2.30. The summed E-state index contributed by atoms with van der Waals surface area (Å²) in [6.45, 7) is 0. The van der Waals surface area contributed by atoms with Gasteiger partial charge in [-0.3, -0.25) is 20.4 Å².